The zero-order valence-corrected chi connectivity index (χ0v) is 12.6. The number of hydrogen-bond acceptors (Lipinski definition) is 3. The molecule has 21 heavy (non-hydrogen) atoms. The van der Waals surface area contributed by atoms with E-state index in [4.69, 9.17) is 0 Å². The summed E-state index contributed by atoms with van der Waals surface area (Å²) in [6, 6.07) is 3.95. The van der Waals surface area contributed by atoms with Gasteiger partial charge in [-0.05, 0) is 62.4 Å². The highest BCUT2D eigenvalue weighted by Crippen LogP contribution is 2.29. The van der Waals surface area contributed by atoms with Crippen molar-refractivity contribution in [2.75, 3.05) is 21.1 Å². The Morgan fingerprint density at radius 1 is 1.10 bits per heavy atom. The summed E-state index contributed by atoms with van der Waals surface area (Å²) < 4.78 is 26.3. The molecule has 1 aromatic carbocycles. The lowest BCUT2D eigenvalue weighted by Crippen LogP contribution is -2.54. The molecule has 0 saturated heterocycles. The first-order valence-electron chi connectivity index (χ1n) is 6.98. The smallest absolute Gasteiger partial charge is 0.159 e. The molecule has 0 bridgehead atoms. The van der Waals surface area contributed by atoms with Crippen molar-refractivity contribution in [1.82, 2.24) is 16.0 Å². The lowest BCUT2D eigenvalue weighted by molar-refractivity contribution is 0.338. The first-order chi connectivity index (χ1) is 10.0. The molecule has 0 saturated carbocycles. The molecule has 5 heteroatoms. The summed E-state index contributed by atoms with van der Waals surface area (Å²) in [4.78, 5) is 0. The minimum absolute atomic E-state index is 0.246. The molecule has 0 unspecified atom stereocenters. The summed E-state index contributed by atoms with van der Waals surface area (Å²) in [5.74, 6) is -1.65. The Bertz CT molecular complexity index is 575. The van der Waals surface area contributed by atoms with Crippen molar-refractivity contribution >= 4 is 6.08 Å². The Morgan fingerprint density at radius 3 is 2.38 bits per heavy atom. The van der Waals surface area contributed by atoms with Crippen LogP contribution >= 0.6 is 0 Å². The second-order valence-corrected chi connectivity index (χ2v) is 5.12. The van der Waals surface area contributed by atoms with Crippen LogP contribution in [0.3, 0.4) is 0 Å². The Hall–Kier alpha value is -1.72. The number of nitrogens with one attached hydrogen (secondary N) is 3. The number of likely N-dealkylation sites (N-methyl/N-ethyl adjacent to an activating group) is 3. The third-order valence-electron chi connectivity index (χ3n) is 3.97. The maximum atomic E-state index is 13.3. The number of rotatable bonds is 4. The van der Waals surface area contributed by atoms with Crippen molar-refractivity contribution in [3.63, 3.8) is 0 Å². The summed E-state index contributed by atoms with van der Waals surface area (Å²) in [5.41, 5.74) is 2.47. The summed E-state index contributed by atoms with van der Waals surface area (Å²) in [7, 11) is 5.67. The van der Waals surface area contributed by atoms with Crippen LogP contribution in [0.5, 0.6) is 0 Å². The van der Waals surface area contributed by atoms with Crippen molar-refractivity contribution in [3.05, 3.63) is 52.7 Å². The van der Waals surface area contributed by atoms with E-state index in [-0.39, 0.29) is 5.66 Å². The van der Waals surface area contributed by atoms with Gasteiger partial charge in [0.05, 0.1) is 5.66 Å². The van der Waals surface area contributed by atoms with Crippen molar-refractivity contribution in [3.8, 4) is 0 Å². The molecule has 0 atom stereocenters. The molecule has 2 rings (SSSR count). The van der Waals surface area contributed by atoms with Gasteiger partial charge >= 0.3 is 0 Å². The van der Waals surface area contributed by atoms with Gasteiger partial charge in [-0.15, -0.1) is 0 Å². The molecule has 0 heterocycles. The molecule has 0 radical (unpaired) electrons. The maximum absolute atomic E-state index is 13.3. The van der Waals surface area contributed by atoms with Gasteiger partial charge < -0.3 is 5.32 Å². The van der Waals surface area contributed by atoms with E-state index in [0.29, 0.717) is 5.56 Å². The monoisotopic (exact) mass is 293 g/mol. The van der Waals surface area contributed by atoms with E-state index in [0.717, 1.165) is 30.2 Å². The van der Waals surface area contributed by atoms with Crippen LogP contribution in [0.4, 0.5) is 8.78 Å². The molecular weight excluding hydrogens is 272 g/mol. The molecule has 1 aromatic rings. The van der Waals surface area contributed by atoms with Gasteiger partial charge in [-0.2, -0.15) is 0 Å². The Labute approximate surface area is 124 Å². The number of benzene rings is 1. The van der Waals surface area contributed by atoms with Crippen LogP contribution in [0.15, 0.2) is 35.5 Å². The molecule has 3 N–H and O–H groups in total. The lowest BCUT2D eigenvalue weighted by atomic mass is 9.88. The minimum Gasteiger partial charge on any atom is -0.388 e. The molecule has 0 aromatic heterocycles. The zero-order valence-electron chi connectivity index (χ0n) is 12.6. The first kappa shape index (κ1) is 15.7. The van der Waals surface area contributed by atoms with Crippen molar-refractivity contribution in [2.24, 2.45) is 0 Å². The lowest BCUT2D eigenvalue weighted by Gasteiger charge is -2.35. The van der Waals surface area contributed by atoms with Crippen molar-refractivity contribution in [1.29, 1.82) is 0 Å². The molecule has 0 spiro atoms. The Balaban J connectivity index is 2.35. The van der Waals surface area contributed by atoms with Crippen molar-refractivity contribution in [2.45, 2.75) is 18.5 Å². The predicted molar refractivity (Wildman–Crippen MR) is 81.6 cm³/mol. The van der Waals surface area contributed by atoms with Gasteiger partial charge in [0.2, 0.25) is 0 Å². The SMILES string of the molecule is CNC1=CC(NC)(NC)CCC1=Cc1ccc(F)c(F)c1. The largest absolute Gasteiger partial charge is 0.388 e. The van der Waals surface area contributed by atoms with Crippen LogP contribution in [-0.4, -0.2) is 26.8 Å². The summed E-state index contributed by atoms with van der Waals surface area (Å²) in [5, 5.41) is 9.70. The van der Waals surface area contributed by atoms with E-state index in [2.05, 4.69) is 22.0 Å². The predicted octanol–water partition coefficient (Wildman–Crippen LogP) is 2.38. The van der Waals surface area contributed by atoms with Crippen LogP contribution in [0, 0.1) is 11.6 Å². The average molecular weight is 293 g/mol. The normalized spacial score (nSPS) is 19.5. The topological polar surface area (TPSA) is 36.1 Å². The molecule has 0 amide bonds. The Kier molecular flexibility index (Phi) is 4.75. The second kappa shape index (κ2) is 6.37. The summed E-state index contributed by atoms with van der Waals surface area (Å²) in [6.45, 7) is 0. The number of halogens is 2. The summed E-state index contributed by atoms with van der Waals surface area (Å²) >= 11 is 0. The molecule has 114 valence electrons. The van der Waals surface area contributed by atoms with Crippen LogP contribution in [-0.2, 0) is 0 Å². The quantitative estimate of drug-likeness (QED) is 0.746. The standard InChI is InChI=1S/C16H21F2N3/c1-19-15-10-16(20-2,21-3)7-6-12(15)8-11-4-5-13(17)14(18)9-11/h4-5,8-10,19-21H,6-7H2,1-3H3. The van der Waals surface area contributed by atoms with E-state index < -0.39 is 11.6 Å². The average Bonchev–Trinajstić information content (AvgIpc) is 2.51. The highest BCUT2D eigenvalue weighted by molar-refractivity contribution is 5.59. The van der Waals surface area contributed by atoms with E-state index in [1.807, 2.05) is 27.2 Å². The van der Waals surface area contributed by atoms with Gasteiger partial charge in [0.25, 0.3) is 0 Å². The highest BCUT2D eigenvalue weighted by Gasteiger charge is 2.29. The second-order valence-electron chi connectivity index (χ2n) is 5.12. The van der Waals surface area contributed by atoms with E-state index in [1.165, 1.54) is 6.07 Å². The maximum Gasteiger partial charge on any atom is 0.159 e. The molecule has 0 fully saturated rings. The minimum atomic E-state index is -0.824. The van der Waals surface area contributed by atoms with E-state index in [9.17, 15) is 8.78 Å². The van der Waals surface area contributed by atoms with Crippen LogP contribution in [0.1, 0.15) is 18.4 Å². The molecule has 3 nitrogen and oxygen atoms in total. The molecule has 1 aliphatic carbocycles. The number of allylic oxidation sites excluding steroid dienone is 1. The third-order valence-corrected chi connectivity index (χ3v) is 3.97. The van der Waals surface area contributed by atoms with Crippen LogP contribution in [0.25, 0.3) is 6.08 Å². The van der Waals surface area contributed by atoms with Gasteiger partial charge in [-0.25, -0.2) is 8.78 Å². The van der Waals surface area contributed by atoms with Crippen molar-refractivity contribution < 1.29 is 8.78 Å². The number of hydrogen-bond donors (Lipinski definition) is 3. The van der Waals surface area contributed by atoms with Crippen LogP contribution in [0.2, 0.25) is 0 Å². The first-order valence-corrected chi connectivity index (χ1v) is 6.98. The molecular formula is C16H21F2N3. The van der Waals surface area contributed by atoms with Gasteiger partial charge in [-0.1, -0.05) is 6.07 Å². The Morgan fingerprint density at radius 2 is 1.81 bits per heavy atom. The fourth-order valence-corrected chi connectivity index (χ4v) is 2.58. The molecule has 0 aliphatic heterocycles. The van der Waals surface area contributed by atoms with Crippen LogP contribution < -0.4 is 16.0 Å². The van der Waals surface area contributed by atoms with E-state index >= 15 is 0 Å². The van der Waals surface area contributed by atoms with Gasteiger partial charge in [0, 0.05) is 12.7 Å². The zero-order chi connectivity index (χ0) is 15.5. The van der Waals surface area contributed by atoms with E-state index in [1.54, 1.807) is 6.07 Å². The fourth-order valence-electron chi connectivity index (χ4n) is 2.58. The van der Waals surface area contributed by atoms with Gasteiger partial charge in [-0.3, -0.25) is 10.6 Å². The fraction of sp³-hybridized carbons (Fsp3) is 0.375. The van der Waals surface area contributed by atoms with Gasteiger partial charge in [0.15, 0.2) is 11.6 Å². The molecule has 1 aliphatic rings. The third kappa shape index (κ3) is 3.31. The summed E-state index contributed by atoms with van der Waals surface area (Å²) in [6.07, 6.45) is 5.68. The van der Waals surface area contributed by atoms with Gasteiger partial charge in [0.1, 0.15) is 0 Å². The highest BCUT2D eigenvalue weighted by atomic mass is 19.2.